The molecule has 0 aromatic carbocycles. The Kier molecular flexibility index (Phi) is 3.19. The number of aromatic nitrogens is 2. The van der Waals surface area contributed by atoms with Crippen molar-refractivity contribution in [2.24, 2.45) is 5.92 Å². The lowest BCUT2D eigenvalue weighted by Gasteiger charge is -2.26. The molecule has 1 aliphatic carbocycles. The molecular formula is C12H19N3. The van der Waals surface area contributed by atoms with Crippen LogP contribution in [0, 0.1) is 5.92 Å². The van der Waals surface area contributed by atoms with Gasteiger partial charge in [-0.25, -0.2) is 4.98 Å². The summed E-state index contributed by atoms with van der Waals surface area (Å²) in [5.74, 6) is 2.45. The van der Waals surface area contributed by atoms with Gasteiger partial charge in [0.15, 0.2) is 0 Å². The minimum atomic E-state index is 0.609. The smallest absolute Gasteiger partial charge is 0.147 e. The highest BCUT2D eigenvalue weighted by atomic mass is 15.0. The fourth-order valence-electron chi connectivity index (χ4n) is 2.37. The Balaban J connectivity index is 2.15. The molecule has 1 N–H and O–H groups in total. The standard InChI is InChI=1S/C12H19N3/c1-9-3-5-10(6-4-9)11-12(13-2)15-8-7-14-11/h7-10H,3-6H2,1-2H3,(H,13,15). The number of nitrogens with zero attached hydrogens (tertiary/aromatic N) is 2. The van der Waals surface area contributed by atoms with Gasteiger partial charge < -0.3 is 5.32 Å². The first-order chi connectivity index (χ1) is 7.31. The molecule has 3 nitrogen and oxygen atoms in total. The van der Waals surface area contributed by atoms with Crippen LogP contribution in [0.25, 0.3) is 0 Å². The van der Waals surface area contributed by atoms with Gasteiger partial charge in [-0.1, -0.05) is 19.8 Å². The molecule has 1 aliphatic rings. The molecule has 0 saturated heterocycles. The lowest BCUT2D eigenvalue weighted by Crippen LogP contribution is -2.14. The second-order valence-electron chi connectivity index (χ2n) is 4.50. The summed E-state index contributed by atoms with van der Waals surface area (Å²) < 4.78 is 0. The first-order valence-corrected chi connectivity index (χ1v) is 5.80. The lowest BCUT2D eigenvalue weighted by molar-refractivity contribution is 0.344. The molecule has 15 heavy (non-hydrogen) atoms. The number of rotatable bonds is 2. The molecule has 0 unspecified atom stereocenters. The van der Waals surface area contributed by atoms with Crippen molar-refractivity contribution in [1.29, 1.82) is 0 Å². The van der Waals surface area contributed by atoms with Gasteiger partial charge in [0.2, 0.25) is 0 Å². The quantitative estimate of drug-likeness (QED) is 0.806. The van der Waals surface area contributed by atoms with Gasteiger partial charge in [0.05, 0.1) is 5.69 Å². The van der Waals surface area contributed by atoms with Crippen molar-refractivity contribution in [2.75, 3.05) is 12.4 Å². The molecule has 1 aromatic heterocycles. The second kappa shape index (κ2) is 4.60. The highest BCUT2D eigenvalue weighted by molar-refractivity contribution is 5.40. The summed E-state index contributed by atoms with van der Waals surface area (Å²) in [5.41, 5.74) is 1.16. The third kappa shape index (κ3) is 2.28. The van der Waals surface area contributed by atoms with E-state index in [0.29, 0.717) is 5.92 Å². The summed E-state index contributed by atoms with van der Waals surface area (Å²) in [4.78, 5) is 8.79. The number of hydrogen-bond donors (Lipinski definition) is 1. The van der Waals surface area contributed by atoms with Gasteiger partial charge in [0.25, 0.3) is 0 Å². The molecule has 1 fully saturated rings. The van der Waals surface area contributed by atoms with Crippen LogP contribution in [0.1, 0.15) is 44.2 Å². The SMILES string of the molecule is CNc1nccnc1C1CCC(C)CC1. The van der Waals surface area contributed by atoms with Gasteiger partial charge in [-0.3, -0.25) is 4.98 Å². The maximum atomic E-state index is 4.47. The molecule has 0 aliphatic heterocycles. The van der Waals surface area contributed by atoms with E-state index in [1.807, 2.05) is 7.05 Å². The Morgan fingerprint density at radius 1 is 1.13 bits per heavy atom. The zero-order valence-electron chi connectivity index (χ0n) is 9.53. The summed E-state index contributed by atoms with van der Waals surface area (Å²) in [6.07, 6.45) is 8.72. The van der Waals surface area contributed by atoms with E-state index in [1.165, 1.54) is 25.7 Å². The minimum Gasteiger partial charge on any atom is -0.372 e. The Labute approximate surface area is 91.3 Å². The van der Waals surface area contributed by atoms with Crippen molar-refractivity contribution in [3.63, 3.8) is 0 Å². The van der Waals surface area contributed by atoms with E-state index >= 15 is 0 Å². The Morgan fingerprint density at radius 2 is 1.80 bits per heavy atom. The monoisotopic (exact) mass is 205 g/mol. The molecule has 0 amide bonds. The Bertz CT molecular complexity index is 316. The highest BCUT2D eigenvalue weighted by Crippen LogP contribution is 2.36. The summed E-state index contributed by atoms with van der Waals surface area (Å²) in [6, 6.07) is 0. The van der Waals surface area contributed by atoms with Crippen molar-refractivity contribution in [1.82, 2.24) is 9.97 Å². The van der Waals surface area contributed by atoms with Crippen LogP contribution in [0.4, 0.5) is 5.82 Å². The van der Waals surface area contributed by atoms with E-state index in [0.717, 1.165) is 17.4 Å². The maximum absolute atomic E-state index is 4.47. The van der Waals surface area contributed by atoms with Gasteiger partial charge >= 0.3 is 0 Å². The Hall–Kier alpha value is -1.12. The van der Waals surface area contributed by atoms with Crippen molar-refractivity contribution >= 4 is 5.82 Å². The topological polar surface area (TPSA) is 37.8 Å². The molecule has 0 radical (unpaired) electrons. The molecule has 82 valence electrons. The highest BCUT2D eigenvalue weighted by Gasteiger charge is 2.22. The zero-order valence-corrected chi connectivity index (χ0v) is 9.53. The molecule has 3 heteroatoms. The van der Waals surface area contributed by atoms with Crippen LogP contribution in [0.5, 0.6) is 0 Å². The van der Waals surface area contributed by atoms with Crippen LogP contribution in [0.3, 0.4) is 0 Å². The van der Waals surface area contributed by atoms with Crippen molar-refractivity contribution in [3.05, 3.63) is 18.1 Å². The van der Waals surface area contributed by atoms with Crippen LogP contribution in [-0.2, 0) is 0 Å². The summed E-state index contributed by atoms with van der Waals surface area (Å²) in [5, 5.41) is 3.13. The van der Waals surface area contributed by atoms with Gasteiger partial charge in [-0.2, -0.15) is 0 Å². The lowest BCUT2D eigenvalue weighted by atomic mass is 9.81. The minimum absolute atomic E-state index is 0.609. The predicted molar refractivity (Wildman–Crippen MR) is 62.0 cm³/mol. The second-order valence-corrected chi connectivity index (χ2v) is 4.50. The molecule has 0 atom stereocenters. The van der Waals surface area contributed by atoms with Crippen molar-refractivity contribution in [2.45, 2.75) is 38.5 Å². The van der Waals surface area contributed by atoms with Gasteiger partial charge in [0, 0.05) is 25.4 Å². The van der Waals surface area contributed by atoms with Crippen LogP contribution < -0.4 is 5.32 Å². The number of hydrogen-bond acceptors (Lipinski definition) is 3. The maximum Gasteiger partial charge on any atom is 0.147 e. The summed E-state index contributed by atoms with van der Waals surface area (Å²) >= 11 is 0. The average Bonchev–Trinajstić information content (AvgIpc) is 2.30. The molecule has 1 aromatic rings. The first kappa shape index (κ1) is 10.4. The first-order valence-electron chi connectivity index (χ1n) is 5.80. The van der Waals surface area contributed by atoms with E-state index in [4.69, 9.17) is 0 Å². The number of anilines is 1. The molecule has 2 rings (SSSR count). The molecule has 0 bridgehead atoms. The Morgan fingerprint density at radius 3 is 2.47 bits per heavy atom. The van der Waals surface area contributed by atoms with Crippen LogP contribution in [0.2, 0.25) is 0 Å². The van der Waals surface area contributed by atoms with E-state index < -0.39 is 0 Å². The van der Waals surface area contributed by atoms with Crippen LogP contribution in [-0.4, -0.2) is 17.0 Å². The van der Waals surface area contributed by atoms with Crippen molar-refractivity contribution < 1.29 is 0 Å². The van der Waals surface area contributed by atoms with E-state index in [1.54, 1.807) is 12.4 Å². The number of nitrogens with one attached hydrogen (secondary N) is 1. The van der Waals surface area contributed by atoms with E-state index in [-0.39, 0.29) is 0 Å². The van der Waals surface area contributed by atoms with Crippen molar-refractivity contribution in [3.8, 4) is 0 Å². The molecule has 1 saturated carbocycles. The van der Waals surface area contributed by atoms with E-state index in [2.05, 4.69) is 22.2 Å². The summed E-state index contributed by atoms with van der Waals surface area (Å²) in [6.45, 7) is 2.34. The fourth-order valence-corrected chi connectivity index (χ4v) is 2.37. The van der Waals surface area contributed by atoms with Crippen LogP contribution >= 0.6 is 0 Å². The van der Waals surface area contributed by atoms with Gasteiger partial charge in [-0.05, 0) is 18.8 Å². The third-order valence-electron chi connectivity index (χ3n) is 3.37. The molecule has 0 spiro atoms. The normalized spacial score (nSPS) is 26.3. The third-order valence-corrected chi connectivity index (χ3v) is 3.37. The van der Waals surface area contributed by atoms with Gasteiger partial charge in [0.1, 0.15) is 5.82 Å². The van der Waals surface area contributed by atoms with Gasteiger partial charge in [-0.15, -0.1) is 0 Å². The van der Waals surface area contributed by atoms with Crippen LogP contribution in [0.15, 0.2) is 12.4 Å². The molecule has 1 heterocycles. The largest absolute Gasteiger partial charge is 0.372 e. The van der Waals surface area contributed by atoms with E-state index in [9.17, 15) is 0 Å². The average molecular weight is 205 g/mol. The summed E-state index contributed by atoms with van der Waals surface area (Å²) in [7, 11) is 1.92. The molecular weight excluding hydrogens is 186 g/mol. The fraction of sp³-hybridized carbons (Fsp3) is 0.667. The predicted octanol–water partition coefficient (Wildman–Crippen LogP) is 2.81. The zero-order chi connectivity index (χ0) is 10.7.